The number of H-pyrrole nitrogens is 1. The molecule has 0 saturated carbocycles. The Hall–Kier alpha value is -2.90. The van der Waals surface area contributed by atoms with Crippen LogP contribution < -0.4 is 4.74 Å². The van der Waals surface area contributed by atoms with E-state index < -0.39 is 6.36 Å². The Morgan fingerprint density at radius 2 is 1.00 bits per heavy atom. The minimum Gasteiger partial charge on any atom is -0.405 e. The molecule has 5 aromatic rings. The molecular formula is C46H59Cl4F3N2O. The summed E-state index contributed by atoms with van der Waals surface area (Å²) in [5, 5.41) is 2.50. The lowest BCUT2D eigenvalue weighted by atomic mass is 9.88. The second-order valence-electron chi connectivity index (χ2n) is 18.8. The Bertz CT molecular complexity index is 1910. The third-order valence-corrected chi connectivity index (χ3v) is 8.57. The zero-order chi connectivity index (χ0) is 42.7. The van der Waals surface area contributed by atoms with Crippen molar-refractivity contribution in [2.75, 3.05) is 0 Å². The average Bonchev–Trinajstić information content (AvgIpc) is 3.40. The van der Waals surface area contributed by atoms with Crippen molar-refractivity contribution in [1.29, 1.82) is 0 Å². The molecule has 0 aliphatic rings. The summed E-state index contributed by atoms with van der Waals surface area (Å²) in [5.41, 5.74) is 5.99. The van der Waals surface area contributed by atoms with Gasteiger partial charge in [-0.2, -0.15) is 0 Å². The fourth-order valence-corrected chi connectivity index (χ4v) is 6.27. The lowest BCUT2D eigenvalue weighted by Crippen LogP contribution is -2.19. The highest BCUT2D eigenvalue weighted by atomic mass is 35.5. The van der Waals surface area contributed by atoms with E-state index in [9.17, 15) is 13.2 Å². The molecule has 308 valence electrons. The molecule has 0 radical (unpaired) electrons. The molecule has 0 amide bonds. The van der Waals surface area contributed by atoms with Gasteiger partial charge in [0.1, 0.15) is 11.6 Å². The zero-order valence-corrected chi connectivity index (χ0v) is 37.9. The van der Waals surface area contributed by atoms with Gasteiger partial charge in [-0.25, -0.2) is 4.98 Å². The molecule has 1 N–H and O–H groups in total. The number of aromatic nitrogens is 2. The summed E-state index contributed by atoms with van der Waals surface area (Å²) in [4.78, 5) is 7.88. The van der Waals surface area contributed by atoms with Gasteiger partial charge in [0, 0.05) is 26.5 Å². The van der Waals surface area contributed by atoms with Gasteiger partial charge in [-0.05, 0) is 106 Å². The topological polar surface area (TPSA) is 37.9 Å². The third-order valence-electron chi connectivity index (χ3n) is 7.50. The van der Waals surface area contributed by atoms with Crippen molar-refractivity contribution in [1.82, 2.24) is 9.97 Å². The molecule has 56 heavy (non-hydrogen) atoms. The number of fused-ring (bicyclic) bond motifs is 1. The quantitative estimate of drug-likeness (QED) is 0.191. The summed E-state index contributed by atoms with van der Waals surface area (Å²) in [6.45, 7) is 25.8. The van der Waals surface area contributed by atoms with Crippen LogP contribution in [0.1, 0.15) is 106 Å². The summed E-state index contributed by atoms with van der Waals surface area (Å²) in [7, 11) is 0. The molecule has 4 aromatic carbocycles. The number of aromatic amines is 1. The first kappa shape index (κ1) is 49.2. The largest absolute Gasteiger partial charge is 0.573 e. The van der Waals surface area contributed by atoms with Crippen LogP contribution >= 0.6 is 46.4 Å². The van der Waals surface area contributed by atoms with Crippen molar-refractivity contribution in [3.63, 3.8) is 0 Å². The smallest absolute Gasteiger partial charge is 0.405 e. The fraction of sp³-hybridized carbons (Fsp3) is 0.457. The Morgan fingerprint density at radius 1 is 0.536 bits per heavy atom. The van der Waals surface area contributed by atoms with Gasteiger partial charge in [0.25, 0.3) is 0 Å². The van der Waals surface area contributed by atoms with Gasteiger partial charge < -0.3 is 9.72 Å². The maximum Gasteiger partial charge on any atom is 0.573 e. The van der Waals surface area contributed by atoms with E-state index in [0.717, 1.165) is 46.2 Å². The Kier molecular flexibility index (Phi) is 18.2. The number of nitrogens with one attached hydrogen (secondary N) is 1. The van der Waals surface area contributed by atoms with Crippen molar-refractivity contribution < 1.29 is 17.9 Å². The van der Waals surface area contributed by atoms with Gasteiger partial charge in [0.05, 0.1) is 11.0 Å². The summed E-state index contributed by atoms with van der Waals surface area (Å²) >= 11 is 23.3. The molecule has 0 atom stereocenters. The molecule has 1 aromatic heterocycles. The number of para-hydroxylation sites is 2. The van der Waals surface area contributed by atoms with E-state index in [4.69, 9.17) is 46.4 Å². The van der Waals surface area contributed by atoms with Crippen LogP contribution in [0.3, 0.4) is 0 Å². The standard InChI is InChI=1S/C12H14ClF3O.C12H16N2.C11H14Cl2.C11H15Cl/c1-11(2,3)7-8-4-5-9(13)6-10(8)17-12(14,15)16;1-12(2,3)8-11-13-9-6-4-5-7-10(9)14-11;1-11(2,3)7-8-4-5-9(12)6-10(8)13;1-11(2,3)8-9-4-6-10(12)7-5-9/h4-6H,7H2,1-3H3;4-7H,8H2,1-3H3,(H,13,14);4-6H,7H2,1-3H3;4-7H,8H2,1-3H3. The molecule has 0 fully saturated rings. The van der Waals surface area contributed by atoms with E-state index >= 15 is 0 Å². The molecule has 0 spiro atoms. The van der Waals surface area contributed by atoms with Crippen molar-refractivity contribution in [2.24, 2.45) is 21.7 Å². The number of rotatable bonds is 5. The number of hydrogen-bond acceptors (Lipinski definition) is 2. The second-order valence-corrected chi connectivity index (χ2v) is 20.5. The molecule has 0 aliphatic heterocycles. The highest BCUT2D eigenvalue weighted by Gasteiger charge is 2.32. The Morgan fingerprint density at radius 3 is 1.48 bits per heavy atom. The van der Waals surface area contributed by atoms with E-state index in [1.54, 1.807) is 18.2 Å². The molecule has 0 bridgehead atoms. The van der Waals surface area contributed by atoms with Crippen molar-refractivity contribution in [3.8, 4) is 5.75 Å². The molecule has 5 rings (SSSR count). The van der Waals surface area contributed by atoms with Crippen LogP contribution in [0.5, 0.6) is 5.75 Å². The number of alkyl halides is 3. The number of ether oxygens (including phenoxy) is 1. The lowest BCUT2D eigenvalue weighted by Gasteiger charge is -2.21. The van der Waals surface area contributed by atoms with Gasteiger partial charge >= 0.3 is 6.36 Å². The number of hydrogen-bond donors (Lipinski definition) is 1. The predicted octanol–water partition coefficient (Wildman–Crippen LogP) is 16.5. The number of imidazole rings is 1. The highest BCUT2D eigenvalue weighted by molar-refractivity contribution is 6.35. The highest BCUT2D eigenvalue weighted by Crippen LogP contribution is 2.33. The number of halogens is 7. The van der Waals surface area contributed by atoms with Crippen LogP contribution in [0.2, 0.25) is 20.1 Å². The van der Waals surface area contributed by atoms with E-state index in [1.165, 1.54) is 17.2 Å². The summed E-state index contributed by atoms with van der Waals surface area (Å²) in [6.07, 6.45) is -1.15. The Balaban J connectivity index is 0.000000260. The first-order valence-electron chi connectivity index (χ1n) is 18.6. The van der Waals surface area contributed by atoms with E-state index in [1.807, 2.05) is 63.2 Å². The normalized spacial score (nSPS) is 12.1. The van der Waals surface area contributed by atoms with Gasteiger partial charge in [-0.3, -0.25) is 0 Å². The minimum atomic E-state index is -4.70. The SMILES string of the molecule is CC(C)(C)Cc1ccc(Cl)cc1.CC(C)(C)Cc1ccc(Cl)cc1Cl.CC(C)(C)Cc1ccc(Cl)cc1OC(F)(F)F.CC(C)(C)Cc1nc2ccccc2[nH]1. The zero-order valence-electron chi connectivity index (χ0n) is 34.9. The summed E-state index contributed by atoms with van der Waals surface area (Å²) < 4.78 is 40.6. The van der Waals surface area contributed by atoms with Crippen molar-refractivity contribution >= 4 is 57.4 Å². The molecule has 0 unspecified atom stereocenters. The van der Waals surface area contributed by atoms with Gasteiger partial charge in [-0.15, -0.1) is 13.2 Å². The van der Waals surface area contributed by atoms with Crippen molar-refractivity contribution in [2.45, 2.75) is 115 Å². The van der Waals surface area contributed by atoms with Crippen LogP contribution in [0.4, 0.5) is 13.2 Å². The fourth-order valence-electron chi connectivity index (χ4n) is 5.51. The third kappa shape index (κ3) is 21.6. The maximum absolute atomic E-state index is 12.2. The second kappa shape index (κ2) is 20.7. The Labute approximate surface area is 353 Å². The van der Waals surface area contributed by atoms with Crippen LogP contribution in [0.25, 0.3) is 11.0 Å². The molecular weight excluding hydrogens is 795 g/mol. The van der Waals surface area contributed by atoms with E-state index in [0.29, 0.717) is 22.4 Å². The molecule has 0 saturated heterocycles. The van der Waals surface area contributed by atoms with Crippen LogP contribution in [0.15, 0.2) is 84.9 Å². The first-order valence-corrected chi connectivity index (χ1v) is 20.1. The van der Waals surface area contributed by atoms with Gasteiger partial charge in [0.15, 0.2) is 0 Å². The first-order chi connectivity index (χ1) is 25.5. The molecule has 1 heterocycles. The van der Waals surface area contributed by atoms with E-state index in [-0.39, 0.29) is 27.0 Å². The van der Waals surface area contributed by atoms with Crippen LogP contribution in [0, 0.1) is 21.7 Å². The molecule has 0 aliphatic carbocycles. The van der Waals surface area contributed by atoms with Crippen LogP contribution in [-0.2, 0) is 25.7 Å². The predicted molar refractivity (Wildman–Crippen MR) is 235 cm³/mol. The molecule has 3 nitrogen and oxygen atoms in total. The monoisotopic (exact) mass is 852 g/mol. The van der Waals surface area contributed by atoms with Gasteiger partial charge in [-0.1, -0.05) is 166 Å². The minimum absolute atomic E-state index is 0.127. The number of benzene rings is 4. The summed E-state index contributed by atoms with van der Waals surface area (Å²) in [5.74, 6) is 0.860. The van der Waals surface area contributed by atoms with E-state index in [2.05, 4.69) is 95.2 Å². The lowest BCUT2D eigenvalue weighted by molar-refractivity contribution is -0.275. The van der Waals surface area contributed by atoms with Crippen LogP contribution in [-0.4, -0.2) is 16.3 Å². The van der Waals surface area contributed by atoms with Crippen molar-refractivity contribution in [3.05, 3.63) is 128 Å². The number of nitrogens with zero attached hydrogens (tertiary/aromatic N) is 1. The molecule has 10 heteroatoms. The maximum atomic E-state index is 12.2. The van der Waals surface area contributed by atoms with Gasteiger partial charge in [0.2, 0.25) is 0 Å². The average molecular weight is 855 g/mol. The summed E-state index contributed by atoms with van der Waals surface area (Å²) in [6, 6.07) is 26.2.